The van der Waals surface area contributed by atoms with E-state index in [0.29, 0.717) is 0 Å². The molecule has 3 heteroatoms. The summed E-state index contributed by atoms with van der Waals surface area (Å²) in [5.74, 6) is 0. The van der Waals surface area contributed by atoms with Gasteiger partial charge in [0, 0.05) is 39.5 Å². The maximum atomic E-state index is 3.76. The third kappa shape index (κ3) is 9.31. The Balaban J connectivity index is 0.000000102. The first kappa shape index (κ1) is 63.2. The van der Waals surface area contributed by atoms with Crippen molar-refractivity contribution in [3.8, 4) is 77.9 Å². The number of fused-ring (bicyclic) bond motifs is 32. The lowest BCUT2D eigenvalue weighted by Crippen LogP contribution is -2.25. The van der Waals surface area contributed by atoms with Crippen molar-refractivity contribution in [3.05, 3.63) is 479 Å². The van der Waals surface area contributed by atoms with E-state index in [4.69, 9.17) is 0 Å². The highest BCUT2D eigenvalue weighted by Crippen LogP contribution is 2.67. The Morgan fingerprint density at radius 3 is 0.800 bits per heavy atom. The monoisotopic (exact) mass is 1400 g/mol. The summed E-state index contributed by atoms with van der Waals surface area (Å²) in [5.41, 5.74) is 40.5. The molecule has 110 heavy (non-hydrogen) atoms. The average Bonchev–Trinajstić information content (AvgIpc) is 1.53. The van der Waals surface area contributed by atoms with Crippen LogP contribution in [-0.4, -0.2) is 0 Å². The molecule has 0 aromatic heterocycles. The molecule has 3 N–H and O–H groups in total. The van der Waals surface area contributed by atoms with Gasteiger partial charge in [0.15, 0.2) is 0 Å². The molecule has 0 bridgehead atoms. The SMILES string of the molecule is c1ccc(-c2ccc(Nc3ccc4c(c3)C3(c5ccccc5-c5ccccc53)c3ccccc3-4)cc2)cc1.c1ccc2c(c1)-c1ccccc1C21c2ccccc2-c2ccc(Nc3ccc4ccccc4c3)cc21.c1ccc2c(c1)-c1ccccc1C21c2ccccc2-c2ccc(Nc3cccc4ccccc34)cc21. The van der Waals surface area contributed by atoms with Gasteiger partial charge in [0.25, 0.3) is 0 Å². The van der Waals surface area contributed by atoms with Gasteiger partial charge in [0.2, 0.25) is 0 Å². The standard InChI is InChI=1S/C37H25N.2C35H23N/c1-2-10-25(11-3-1)26-18-20-27(21-19-26)38-28-22-23-32-31-14-6-9-17-35(31)37(36(32)24-28)33-15-7-4-12-29(33)30-13-5-8-16-34(30)37;1-2-12-25-23(10-1)11-9-19-34(25)36-24-20-21-29-28-15-5-8-18-32(28)35(33(29)22-24)30-16-6-3-13-26(30)27-14-4-7-17-31(27)35;1-2-10-24-21-25(18-17-23(24)9-1)36-26-19-20-30-29-13-5-8-16-33(29)35(34(30)22-26)31-14-6-3-11-27(31)28-12-4-7-15-32(28)35/h1-24,38H;2*1-22,36H. The van der Waals surface area contributed by atoms with Crippen LogP contribution in [-0.2, 0) is 16.2 Å². The molecule has 514 valence electrons. The van der Waals surface area contributed by atoms with Crippen molar-refractivity contribution in [2.24, 2.45) is 0 Å². The Morgan fingerprint density at radius 2 is 0.409 bits per heavy atom. The summed E-state index contributed by atoms with van der Waals surface area (Å²) in [5, 5.41) is 16.1. The molecule has 0 aliphatic heterocycles. The van der Waals surface area contributed by atoms with Crippen molar-refractivity contribution >= 4 is 55.7 Å². The van der Waals surface area contributed by atoms with E-state index in [2.05, 4.69) is 428 Å². The molecule has 0 saturated carbocycles. The summed E-state index contributed by atoms with van der Waals surface area (Å²) in [6.07, 6.45) is 0. The van der Waals surface area contributed by atoms with E-state index in [9.17, 15) is 0 Å². The van der Waals surface area contributed by atoms with Gasteiger partial charge in [-0.15, -0.1) is 0 Å². The van der Waals surface area contributed by atoms with Crippen LogP contribution in [0.4, 0.5) is 34.1 Å². The maximum Gasteiger partial charge on any atom is 0.0726 e. The molecule has 24 rings (SSSR count). The second-order valence-electron chi connectivity index (χ2n) is 29.8. The summed E-state index contributed by atoms with van der Waals surface area (Å²) in [7, 11) is 0. The van der Waals surface area contributed by atoms with E-state index in [1.54, 1.807) is 0 Å². The molecular formula is C107H71N3. The summed E-state index contributed by atoms with van der Waals surface area (Å²) < 4.78 is 0. The van der Waals surface area contributed by atoms with Crippen LogP contribution in [0.3, 0.4) is 0 Å². The van der Waals surface area contributed by atoms with E-state index >= 15 is 0 Å². The Morgan fingerprint density at radius 1 is 0.145 bits per heavy atom. The highest BCUT2D eigenvalue weighted by Gasteiger charge is 2.54. The molecule has 0 amide bonds. The van der Waals surface area contributed by atoms with Crippen LogP contribution in [0.15, 0.2) is 413 Å². The van der Waals surface area contributed by atoms with Crippen LogP contribution in [0.25, 0.3) is 99.4 Å². The van der Waals surface area contributed by atoms with Crippen molar-refractivity contribution in [1.82, 2.24) is 0 Å². The lowest BCUT2D eigenvalue weighted by molar-refractivity contribution is 0.794. The van der Waals surface area contributed by atoms with Gasteiger partial charge in [0.1, 0.15) is 0 Å². The van der Waals surface area contributed by atoms with Gasteiger partial charge in [-0.3, -0.25) is 0 Å². The molecule has 0 unspecified atom stereocenters. The fourth-order valence-corrected chi connectivity index (χ4v) is 20.0. The molecule has 3 spiro atoms. The quantitative estimate of drug-likeness (QED) is 0.149. The van der Waals surface area contributed by atoms with E-state index in [0.717, 1.165) is 34.1 Å². The molecule has 6 aliphatic carbocycles. The van der Waals surface area contributed by atoms with Crippen molar-refractivity contribution < 1.29 is 0 Å². The molecule has 3 nitrogen and oxygen atoms in total. The van der Waals surface area contributed by atoms with Crippen LogP contribution < -0.4 is 16.0 Å². The van der Waals surface area contributed by atoms with Gasteiger partial charge < -0.3 is 16.0 Å². The summed E-state index contributed by atoms with van der Waals surface area (Å²) in [6, 6.07) is 151. The lowest BCUT2D eigenvalue weighted by atomic mass is 9.70. The highest BCUT2D eigenvalue weighted by molar-refractivity contribution is 6.01. The van der Waals surface area contributed by atoms with Crippen molar-refractivity contribution in [3.63, 3.8) is 0 Å². The molecule has 0 radical (unpaired) electrons. The van der Waals surface area contributed by atoms with Crippen LogP contribution in [0.2, 0.25) is 0 Å². The first-order chi connectivity index (χ1) is 54.5. The van der Waals surface area contributed by atoms with Crippen LogP contribution in [0.5, 0.6) is 0 Å². The lowest BCUT2D eigenvalue weighted by Gasteiger charge is -2.30. The Hall–Kier alpha value is -14.1. The van der Waals surface area contributed by atoms with Crippen LogP contribution in [0.1, 0.15) is 66.8 Å². The zero-order chi connectivity index (χ0) is 72.5. The van der Waals surface area contributed by atoms with Gasteiger partial charge in [0.05, 0.1) is 16.2 Å². The number of benzene rings is 18. The maximum absolute atomic E-state index is 3.76. The number of rotatable bonds is 7. The molecule has 0 saturated heterocycles. The molecule has 0 heterocycles. The number of hydrogen-bond acceptors (Lipinski definition) is 3. The first-order valence-corrected chi connectivity index (χ1v) is 38.3. The van der Waals surface area contributed by atoms with Gasteiger partial charge in [-0.25, -0.2) is 0 Å². The smallest absolute Gasteiger partial charge is 0.0726 e. The normalized spacial score (nSPS) is 13.7. The fourth-order valence-electron chi connectivity index (χ4n) is 20.0. The Labute approximate surface area is 640 Å². The topological polar surface area (TPSA) is 36.1 Å². The van der Waals surface area contributed by atoms with Gasteiger partial charge in [-0.05, 0) is 228 Å². The van der Waals surface area contributed by atoms with Crippen molar-refractivity contribution in [1.29, 1.82) is 0 Å². The van der Waals surface area contributed by atoms with E-state index < -0.39 is 0 Å². The highest BCUT2D eigenvalue weighted by atomic mass is 14.9. The molecular weight excluding hydrogens is 1330 g/mol. The zero-order valence-corrected chi connectivity index (χ0v) is 60.3. The second-order valence-corrected chi connectivity index (χ2v) is 29.8. The number of anilines is 6. The minimum atomic E-state index is -0.312. The van der Waals surface area contributed by atoms with Gasteiger partial charge in [-0.2, -0.15) is 0 Å². The minimum absolute atomic E-state index is 0.305. The molecule has 6 aliphatic rings. The summed E-state index contributed by atoms with van der Waals surface area (Å²) in [6.45, 7) is 0. The van der Waals surface area contributed by atoms with Crippen LogP contribution in [0, 0.1) is 0 Å². The third-order valence-electron chi connectivity index (χ3n) is 24.4. The fraction of sp³-hybridized carbons (Fsp3) is 0.0280. The number of nitrogens with one attached hydrogen (secondary N) is 3. The third-order valence-corrected chi connectivity index (χ3v) is 24.4. The van der Waals surface area contributed by atoms with Gasteiger partial charge >= 0.3 is 0 Å². The predicted octanol–water partition coefficient (Wildman–Crippen LogP) is 27.3. The largest absolute Gasteiger partial charge is 0.356 e. The minimum Gasteiger partial charge on any atom is -0.356 e. The van der Waals surface area contributed by atoms with E-state index in [1.807, 2.05) is 0 Å². The van der Waals surface area contributed by atoms with Gasteiger partial charge in [-0.1, -0.05) is 346 Å². The van der Waals surface area contributed by atoms with Crippen molar-refractivity contribution in [2.75, 3.05) is 16.0 Å². The Kier molecular flexibility index (Phi) is 14.4. The molecule has 18 aromatic carbocycles. The molecule has 0 fully saturated rings. The zero-order valence-electron chi connectivity index (χ0n) is 60.3. The predicted molar refractivity (Wildman–Crippen MR) is 458 cm³/mol. The molecule has 0 atom stereocenters. The van der Waals surface area contributed by atoms with Crippen LogP contribution >= 0.6 is 0 Å². The number of hydrogen-bond donors (Lipinski definition) is 3. The van der Waals surface area contributed by atoms with E-state index in [-0.39, 0.29) is 16.2 Å². The first-order valence-electron chi connectivity index (χ1n) is 38.3. The Bertz CT molecular complexity index is 6580. The van der Waals surface area contributed by atoms with Crippen molar-refractivity contribution in [2.45, 2.75) is 16.2 Å². The second kappa shape index (κ2) is 25.0. The summed E-state index contributed by atoms with van der Waals surface area (Å²) >= 11 is 0. The average molecular weight is 1400 g/mol. The summed E-state index contributed by atoms with van der Waals surface area (Å²) in [4.78, 5) is 0. The molecule has 18 aromatic rings. The van der Waals surface area contributed by atoms with E-state index in [1.165, 1.54) is 166 Å².